The molecule has 1 aromatic heterocycles. The molecule has 6 nitrogen and oxygen atoms in total. The number of nitrogens with one attached hydrogen (secondary N) is 1. The summed E-state index contributed by atoms with van der Waals surface area (Å²) >= 11 is 5.95. The molecule has 4 rings (SSSR count). The average molecular weight is 429 g/mol. The molecule has 0 radical (unpaired) electrons. The molecule has 3 aromatic rings. The lowest BCUT2D eigenvalue weighted by Gasteiger charge is -2.19. The third kappa shape index (κ3) is 4.68. The Kier molecular flexibility index (Phi) is 5.43. The molecular weight excluding hydrogens is 408 g/mol. The van der Waals surface area contributed by atoms with Crippen molar-refractivity contribution in [2.75, 3.05) is 16.7 Å². The molecule has 8 heteroatoms. The number of nitrogens with zero attached hydrogens (tertiary/aromatic N) is 3. The summed E-state index contributed by atoms with van der Waals surface area (Å²) < 4.78 is 27.2. The number of hydrogen-bond acceptors (Lipinski definition) is 5. The molecular formula is C21H21ClN4O2S. The van der Waals surface area contributed by atoms with Crippen LogP contribution in [-0.4, -0.2) is 30.7 Å². The predicted molar refractivity (Wildman–Crippen MR) is 117 cm³/mol. The van der Waals surface area contributed by atoms with Crippen molar-refractivity contribution in [3.8, 4) is 11.3 Å². The van der Waals surface area contributed by atoms with Crippen LogP contribution in [0.3, 0.4) is 0 Å². The molecule has 29 heavy (non-hydrogen) atoms. The molecule has 0 atom stereocenters. The van der Waals surface area contributed by atoms with E-state index in [0.717, 1.165) is 23.4 Å². The van der Waals surface area contributed by atoms with Crippen LogP contribution < -0.4 is 9.62 Å². The van der Waals surface area contributed by atoms with Gasteiger partial charge in [-0.3, -0.25) is 9.71 Å². The van der Waals surface area contributed by atoms with Gasteiger partial charge >= 0.3 is 0 Å². The highest BCUT2D eigenvalue weighted by molar-refractivity contribution is 7.93. The lowest BCUT2D eigenvalue weighted by Crippen LogP contribution is -2.19. The van der Waals surface area contributed by atoms with Crippen molar-refractivity contribution < 1.29 is 8.42 Å². The van der Waals surface area contributed by atoms with E-state index in [4.69, 9.17) is 11.6 Å². The van der Waals surface area contributed by atoms with Gasteiger partial charge in [0.15, 0.2) is 5.82 Å². The van der Waals surface area contributed by atoms with Crippen LogP contribution in [0.2, 0.25) is 5.02 Å². The molecule has 0 saturated heterocycles. The Morgan fingerprint density at radius 2 is 1.69 bits per heavy atom. The van der Waals surface area contributed by atoms with E-state index < -0.39 is 10.0 Å². The third-order valence-corrected chi connectivity index (χ3v) is 6.89. The van der Waals surface area contributed by atoms with Gasteiger partial charge in [0.25, 0.3) is 0 Å². The zero-order valence-corrected chi connectivity index (χ0v) is 17.5. The summed E-state index contributed by atoms with van der Waals surface area (Å²) in [5.74, 6) is 0.269. The summed E-state index contributed by atoms with van der Waals surface area (Å²) in [5, 5.41) is 0.395. The Labute approximate surface area is 175 Å². The van der Waals surface area contributed by atoms with Crippen molar-refractivity contribution in [3.63, 3.8) is 0 Å². The summed E-state index contributed by atoms with van der Waals surface area (Å²) in [7, 11) is -1.38. The molecule has 1 aliphatic carbocycles. The Morgan fingerprint density at radius 1 is 1.03 bits per heavy atom. The van der Waals surface area contributed by atoms with E-state index in [-0.39, 0.29) is 11.1 Å². The fraction of sp³-hybridized carbons (Fsp3) is 0.238. The minimum atomic E-state index is -3.40. The van der Waals surface area contributed by atoms with Crippen LogP contribution in [0, 0.1) is 0 Å². The first-order valence-electron chi connectivity index (χ1n) is 9.31. The molecule has 150 valence electrons. The molecule has 1 saturated carbocycles. The van der Waals surface area contributed by atoms with Crippen LogP contribution >= 0.6 is 11.6 Å². The summed E-state index contributed by atoms with van der Waals surface area (Å²) in [4.78, 5) is 10.7. The first-order chi connectivity index (χ1) is 13.9. The van der Waals surface area contributed by atoms with Crippen LogP contribution in [-0.2, 0) is 16.6 Å². The van der Waals surface area contributed by atoms with Gasteiger partial charge in [-0.1, -0.05) is 35.9 Å². The molecule has 1 fully saturated rings. The topological polar surface area (TPSA) is 75.2 Å². The van der Waals surface area contributed by atoms with Gasteiger partial charge in [0, 0.05) is 42.3 Å². The molecule has 1 aliphatic rings. The van der Waals surface area contributed by atoms with Crippen LogP contribution in [0.25, 0.3) is 11.3 Å². The highest BCUT2D eigenvalue weighted by Crippen LogP contribution is 2.32. The Balaban J connectivity index is 1.51. The number of aromatic nitrogens is 2. The second-order valence-electron chi connectivity index (χ2n) is 7.13. The molecule has 0 amide bonds. The highest BCUT2D eigenvalue weighted by Gasteiger charge is 2.36. The van der Waals surface area contributed by atoms with E-state index in [9.17, 15) is 8.42 Å². The summed E-state index contributed by atoms with van der Waals surface area (Å²) in [6.45, 7) is 0.726. The van der Waals surface area contributed by atoms with Crippen molar-refractivity contribution >= 4 is 33.1 Å². The first kappa shape index (κ1) is 19.7. The Morgan fingerprint density at radius 3 is 2.34 bits per heavy atom. The number of halogens is 1. The number of benzene rings is 2. The zero-order chi connectivity index (χ0) is 20.4. The molecule has 0 aliphatic heterocycles. The second-order valence-corrected chi connectivity index (χ2v) is 9.53. The van der Waals surface area contributed by atoms with Crippen molar-refractivity contribution in [2.24, 2.45) is 0 Å². The normalized spacial score (nSPS) is 13.9. The molecule has 0 spiro atoms. The van der Waals surface area contributed by atoms with Crippen LogP contribution in [0.4, 0.5) is 11.5 Å². The zero-order valence-electron chi connectivity index (χ0n) is 15.9. The molecule has 0 bridgehead atoms. The number of rotatable bonds is 7. The fourth-order valence-electron chi connectivity index (χ4n) is 3.05. The molecule has 1 N–H and O–H groups in total. The Hall–Kier alpha value is -2.64. The number of hydrogen-bond donors (Lipinski definition) is 1. The van der Waals surface area contributed by atoms with Crippen molar-refractivity contribution in [2.45, 2.75) is 24.6 Å². The summed E-state index contributed by atoms with van der Waals surface area (Å²) in [5.41, 5.74) is 3.53. The standard InChI is InChI=1S/C21H21ClN4O2S/c1-26(18-8-6-17(22)7-9-18)14-15-2-4-16(5-3-15)20-21(24-13-12-23-20)25-29(27,28)19-10-11-19/h2-9,12-13,19H,10-11,14H2,1H3,(H,24,25). The number of sulfonamides is 1. The molecule has 1 heterocycles. The lowest BCUT2D eigenvalue weighted by molar-refractivity contribution is 0.600. The van der Waals surface area contributed by atoms with E-state index in [2.05, 4.69) is 19.6 Å². The SMILES string of the molecule is CN(Cc1ccc(-c2nccnc2NS(=O)(=O)C2CC2)cc1)c1ccc(Cl)cc1. The maximum absolute atomic E-state index is 12.3. The van der Waals surface area contributed by atoms with Gasteiger partial charge in [0.05, 0.1) is 5.25 Å². The van der Waals surface area contributed by atoms with Crippen LogP contribution in [0.1, 0.15) is 18.4 Å². The second kappa shape index (κ2) is 8.00. The van der Waals surface area contributed by atoms with Crippen molar-refractivity contribution in [3.05, 3.63) is 71.5 Å². The third-order valence-electron chi connectivity index (χ3n) is 4.81. The van der Waals surface area contributed by atoms with E-state index in [1.165, 1.54) is 6.20 Å². The van der Waals surface area contributed by atoms with E-state index in [1.54, 1.807) is 6.20 Å². The van der Waals surface area contributed by atoms with Gasteiger partial charge in [0.2, 0.25) is 10.0 Å². The predicted octanol–water partition coefficient (Wildman–Crippen LogP) is 4.34. The quantitative estimate of drug-likeness (QED) is 0.605. The van der Waals surface area contributed by atoms with Gasteiger partial charge < -0.3 is 4.90 Å². The van der Waals surface area contributed by atoms with Crippen molar-refractivity contribution in [1.29, 1.82) is 0 Å². The van der Waals surface area contributed by atoms with Crippen molar-refractivity contribution in [1.82, 2.24) is 9.97 Å². The smallest absolute Gasteiger partial charge is 0.236 e. The van der Waals surface area contributed by atoms with Gasteiger partial charge in [0.1, 0.15) is 5.69 Å². The molecule has 2 aromatic carbocycles. The monoisotopic (exact) mass is 428 g/mol. The van der Waals surface area contributed by atoms with E-state index in [0.29, 0.717) is 23.6 Å². The van der Waals surface area contributed by atoms with E-state index in [1.807, 2.05) is 55.6 Å². The highest BCUT2D eigenvalue weighted by atomic mass is 35.5. The summed E-state index contributed by atoms with van der Waals surface area (Å²) in [6, 6.07) is 15.6. The first-order valence-corrected chi connectivity index (χ1v) is 11.2. The van der Waals surface area contributed by atoms with E-state index >= 15 is 0 Å². The largest absolute Gasteiger partial charge is 0.370 e. The Bertz CT molecular complexity index is 1100. The maximum Gasteiger partial charge on any atom is 0.236 e. The van der Waals surface area contributed by atoms with Crippen LogP contribution in [0.5, 0.6) is 0 Å². The van der Waals surface area contributed by atoms with Gasteiger partial charge in [-0.2, -0.15) is 0 Å². The van der Waals surface area contributed by atoms with Gasteiger partial charge in [-0.05, 0) is 42.7 Å². The average Bonchev–Trinajstić information content (AvgIpc) is 3.55. The minimum absolute atomic E-state index is 0.269. The fourth-order valence-corrected chi connectivity index (χ4v) is 4.52. The maximum atomic E-state index is 12.3. The van der Waals surface area contributed by atoms with Gasteiger partial charge in [-0.15, -0.1) is 0 Å². The lowest BCUT2D eigenvalue weighted by atomic mass is 10.1. The minimum Gasteiger partial charge on any atom is -0.370 e. The van der Waals surface area contributed by atoms with Crippen LogP contribution in [0.15, 0.2) is 60.9 Å². The van der Waals surface area contributed by atoms with Gasteiger partial charge in [-0.25, -0.2) is 13.4 Å². The molecule has 0 unspecified atom stereocenters. The summed E-state index contributed by atoms with van der Waals surface area (Å²) in [6.07, 6.45) is 4.44. The number of anilines is 2.